The molecule has 0 saturated heterocycles. The minimum absolute atomic E-state index is 0.0937. The molecule has 0 spiro atoms. The molecule has 0 unspecified atom stereocenters. The van der Waals surface area contributed by atoms with Crippen molar-refractivity contribution in [1.82, 2.24) is 5.32 Å². The van der Waals surface area contributed by atoms with Gasteiger partial charge in [-0.15, -0.1) is 0 Å². The van der Waals surface area contributed by atoms with Crippen molar-refractivity contribution < 1.29 is 23.5 Å². The fourth-order valence-corrected chi connectivity index (χ4v) is 1.84. The lowest BCUT2D eigenvalue weighted by molar-refractivity contribution is -0.131. The van der Waals surface area contributed by atoms with Crippen LogP contribution >= 0.6 is 0 Å². The Balaban J connectivity index is 2.31. The smallest absolute Gasteiger partial charge is 0.349 e. The van der Waals surface area contributed by atoms with Crippen molar-refractivity contribution in [3.8, 4) is 5.75 Å². The van der Waals surface area contributed by atoms with Gasteiger partial charge in [-0.25, -0.2) is 4.79 Å². The molecule has 116 valence electrons. The molecule has 0 aliphatic carbocycles. The quantitative estimate of drug-likeness (QED) is 0.384. The van der Waals surface area contributed by atoms with Crippen LogP contribution in [0.3, 0.4) is 0 Å². The molecule has 0 aliphatic heterocycles. The summed E-state index contributed by atoms with van der Waals surface area (Å²) in [6, 6.07) is 6.00. The Hall–Kier alpha value is -2.67. The maximum absolute atomic E-state index is 11.9. The van der Waals surface area contributed by atoms with Gasteiger partial charge in [-0.05, 0) is 18.2 Å². The molecule has 1 N–H and O–H groups in total. The number of carbonyl (C=O) groups is 2. The summed E-state index contributed by atoms with van der Waals surface area (Å²) >= 11 is 0. The van der Waals surface area contributed by atoms with Crippen LogP contribution in [0.15, 0.2) is 33.5 Å². The average Bonchev–Trinajstić information content (AvgIpc) is 2.46. The monoisotopic (exact) mass is 305 g/mol. The fraction of sp³-hybridized carbons (Fsp3) is 0.267. The third-order valence-electron chi connectivity index (χ3n) is 2.81. The predicted molar refractivity (Wildman–Crippen MR) is 78.0 cm³/mol. The molecular weight excluding hydrogens is 290 g/mol. The minimum Gasteiger partial charge on any atom is -0.427 e. The van der Waals surface area contributed by atoms with Crippen molar-refractivity contribution in [2.24, 2.45) is 0 Å². The Morgan fingerprint density at radius 1 is 1.27 bits per heavy atom. The lowest BCUT2D eigenvalue weighted by Crippen LogP contribution is -2.30. The van der Waals surface area contributed by atoms with Gasteiger partial charge in [0.25, 0.3) is 5.91 Å². The molecular formula is C15H15NO6. The number of hydrogen-bond acceptors (Lipinski definition) is 6. The van der Waals surface area contributed by atoms with Crippen LogP contribution in [-0.4, -0.2) is 32.1 Å². The number of fused-ring (bicyclic) bond motifs is 1. The largest absolute Gasteiger partial charge is 0.427 e. The molecule has 1 heterocycles. The molecule has 7 heteroatoms. The van der Waals surface area contributed by atoms with E-state index in [0.29, 0.717) is 12.0 Å². The summed E-state index contributed by atoms with van der Waals surface area (Å²) in [7, 11) is 1.51. The molecule has 0 fully saturated rings. The van der Waals surface area contributed by atoms with Crippen LogP contribution < -0.4 is 15.7 Å². The summed E-state index contributed by atoms with van der Waals surface area (Å²) in [6.07, 6.45) is 0. The molecule has 22 heavy (non-hydrogen) atoms. The summed E-state index contributed by atoms with van der Waals surface area (Å²) in [5.41, 5.74) is -0.622. The van der Waals surface area contributed by atoms with Gasteiger partial charge >= 0.3 is 11.6 Å². The summed E-state index contributed by atoms with van der Waals surface area (Å²) in [4.78, 5) is 34.7. The van der Waals surface area contributed by atoms with Crippen LogP contribution in [0.1, 0.15) is 17.3 Å². The number of esters is 1. The van der Waals surface area contributed by atoms with E-state index in [1.807, 2.05) is 0 Å². The van der Waals surface area contributed by atoms with Gasteiger partial charge in [-0.1, -0.05) is 0 Å². The number of hydrogen-bond donors (Lipinski definition) is 1. The van der Waals surface area contributed by atoms with E-state index >= 15 is 0 Å². The molecule has 0 atom stereocenters. The Labute approximate surface area is 125 Å². The van der Waals surface area contributed by atoms with E-state index < -0.39 is 17.5 Å². The van der Waals surface area contributed by atoms with Crippen LogP contribution in [0, 0.1) is 0 Å². The van der Waals surface area contributed by atoms with Crippen LogP contribution in [0.2, 0.25) is 0 Å². The van der Waals surface area contributed by atoms with Gasteiger partial charge in [0.15, 0.2) is 0 Å². The number of nitrogens with one attached hydrogen (secondary N) is 1. The average molecular weight is 305 g/mol. The van der Waals surface area contributed by atoms with Crippen LogP contribution in [0.25, 0.3) is 11.0 Å². The number of amides is 1. The summed E-state index contributed by atoms with van der Waals surface area (Å²) in [6.45, 7) is 1.91. The number of carbonyl (C=O) groups excluding carboxylic acids is 2. The standard InChI is InChI=1S/C15H15NO6/c1-9(17)21-11-4-3-10-7-12(14(18)16-5-6-20-2)15(19)22-13(10)8-11/h3-4,7-8H,5-6H2,1-2H3,(H,16,18). The summed E-state index contributed by atoms with van der Waals surface area (Å²) < 4.78 is 14.8. The minimum atomic E-state index is -0.762. The van der Waals surface area contributed by atoms with Gasteiger partial charge < -0.3 is 19.2 Å². The molecule has 0 bridgehead atoms. The van der Waals surface area contributed by atoms with Gasteiger partial charge in [0.05, 0.1) is 6.61 Å². The topological polar surface area (TPSA) is 94.8 Å². The third-order valence-corrected chi connectivity index (χ3v) is 2.81. The first kappa shape index (κ1) is 15.7. The molecule has 0 aliphatic rings. The number of benzene rings is 1. The fourth-order valence-electron chi connectivity index (χ4n) is 1.84. The van der Waals surface area contributed by atoms with Gasteiger partial charge in [-0.2, -0.15) is 0 Å². The molecule has 0 saturated carbocycles. The first-order valence-electron chi connectivity index (χ1n) is 6.54. The zero-order valence-electron chi connectivity index (χ0n) is 12.2. The summed E-state index contributed by atoms with van der Waals surface area (Å²) in [5, 5.41) is 3.10. The second-order valence-electron chi connectivity index (χ2n) is 4.49. The van der Waals surface area contributed by atoms with Crippen molar-refractivity contribution in [3.05, 3.63) is 40.2 Å². The van der Waals surface area contributed by atoms with E-state index in [1.54, 1.807) is 12.1 Å². The highest BCUT2D eigenvalue weighted by atomic mass is 16.5. The molecule has 2 rings (SSSR count). The third kappa shape index (κ3) is 3.70. The van der Waals surface area contributed by atoms with Crippen molar-refractivity contribution in [3.63, 3.8) is 0 Å². The van der Waals surface area contributed by atoms with E-state index in [-0.39, 0.29) is 23.4 Å². The van der Waals surface area contributed by atoms with E-state index in [0.717, 1.165) is 0 Å². The maximum Gasteiger partial charge on any atom is 0.349 e. The second-order valence-corrected chi connectivity index (χ2v) is 4.49. The SMILES string of the molecule is COCCNC(=O)c1cc2ccc(OC(C)=O)cc2oc1=O. The Morgan fingerprint density at radius 3 is 2.73 bits per heavy atom. The van der Waals surface area contributed by atoms with Crippen LogP contribution in [-0.2, 0) is 9.53 Å². The number of ether oxygens (including phenoxy) is 2. The summed E-state index contributed by atoms with van der Waals surface area (Å²) in [5.74, 6) is -0.743. The van der Waals surface area contributed by atoms with Gasteiger partial charge in [0.1, 0.15) is 16.9 Å². The molecule has 1 aromatic heterocycles. The van der Waals surface area contributed by atoms with Crippen LogP contribution in [0.4, 0.5) is 0 Å². The highest BCUT2D eigenvalue weighted by Crippen LogP contribution is 2.20. The Morgan fingerprint density at radius 2 is 2.05 bits per heavy atom. The number of methoxy groups -OCH3 is 1. The zero-order chi connectivity index (χ0) is 16.1. The normalized spacial score (nSPS) is 10.5. The zero-order valence-corrected chi connectivity index (χ0v) is 12.2. The first-order valence-corrected chi connectivity index (χ1v) is 6.54. The van der Waals surface area contributed by atoms with Crippen molar-refractivity contribution in [2.75, 3.05) is 20.3 Å². The highest BCUT2D eigenvalue weighted by Gasteiger charge is 2.13. The molecule has 1 amide bonds. The van der Waals surface area contributed by atoms with Crippen LogP contribution in [0.5, 0.6) is 5.75 Å². The van der Waals surface area contributed by atoms with E-state index in [2.05, 4.69) is 5.32 Å². The number of rotatable bonds is 5. The van der Waals surface area contributed by atoms with E-state index in [9.17, 15) is 14.4 Å². The van der Waals surface area contributed by atoms with Crippen molar-refractivity contribution >= 4 is 22.8 Å². The highest BCUT2D eigenvalue weighted by molar-refractivity contribution is 5.96. The van der Waals surface area contributed by atoms with Crippen molar-refractivity contribution in [1.29, 1.82) is 0 Å². The van der Waals surface area contributed by atoms with Gasteiger partial charge in [-0.3, -0.25) is 9.59 Å². The first-order chi connectivity index (χ1) is 10.5. The predicted octanol–water partition coefficient (Wildman–Crippen LogP) is 1.09. The lowest BCUT2D eigenvalue weighted by atomic mass is 10.1. The lowest BCUT2D eigenvalue weighted by Gasteiger charge is -2.05. The Kier molecular flexibility index (Phi) is 4.90. The maximum atomic E-state index is 11.9. The molecule has 1 aromatic carbocycles. The molecule has 2 aromatic rings. The van der Waals surface area contributed by atoms with E-state index in [1.165, 1.54) is 26.2 Å². The van der Waals surface area contributed by atoms with E-state index in [4.69, 9.17) is 13.9 Å². The van der Waals surface area contributed by atoms with Gasteiger partial charge in [0, 0.05) is 32.0 Å². The molecule has 7 nitrogen and oxygen atoms in total. The van der Waals surface area contributed by atoms with Crippen molar-refractivity contribution in [2.45, 2.75) is 6.92 Å². The second kappa shape index (κ2) is 6.86. The Bertz CT molecular complexity index is 764. The van der Waals surface area contributed by atoms with Gasteiger partial charge in [0.2, 0.25) is 0 Å². The molecule has 0 radical (unpaired) electrons.